The lowest BCUT2D eigenvalue weighted by molar-refractivity contribution is -0.122. The molecule has 9 heteroatoms. The van der Waals surface area contributed by atoms with Crippen LogP contribution in [0.25, 0.3) is 5.65 Å². The number of imidazole rings is 1. The fourth-order valence-corrected chi connectivity index (χ4v) is 3.91. The van der Waals surface area contributed by atoms with Gasteiger partial charge in [-0.2, -0.15) is 0 Å². The van der Waals surface area contributed by atoms with E-state index >= 15 is 0 Å². The molecule has 0 aliphatic heterocycles. The van der Waals surface area contributed by atoms with E-state index in [1.807, 2.05) is 4.40 Å². The quantitative estimate of drug-likeness (QED) is 0.700. The predicted octanol–water partition coefficient (Wildman–Crippen LogP) is 1.20. The number of benzene rings is 1. The molecule has 0 saturated heterocycles. The highest BCUT2D eigenvalue weighted by Gasteiger charge is 2.28. The van der Waals surface area contributed by atoms with Crippen LogP contribution in [-0.4, -0.2) is 41.0 Å². The topological polar surface area (TPSA) is 96.7 Å². The van der Waals surface area contributed by atoms with Crippen molar-refractivity contribution in [2.45, 2.75) is 19.5 Å². The molecule has 0 unspecified atom stereocenters. The number of nitrogens with zero attached hydrogens (tertiary/aromatic N) is 4. The Morgan fingerprint density at radius 3 is 2.69 bits per heavy atom. The molecule has 0 radical (unpaired) electrons. The molecule has 2 heterocycles. The summed E-state index contributed by atoms with van der Waals surface area (Å²) in [6.45, 7) is 1.78. The van der Waals surface area contributed by atoms with Gasteiger partial charge in [0.2, 0.25) is 15.9 Å². The Morgan fingerprint density at radius 1 is 1.27 bits per heavy atom. The third kappa shape index (κ3) is 3.67. The van der Waals surface area contributed by atoms with E-state index in [1.54, 1.807) is 62.0 Å². The second kappa shape index (κ2) is 7.12. The smallest absolute Gasteiger partial charge is 0.243 e. The monoisotopic (exact) mass is 373 g/mol. The van der Waals surface area contributed by atoms with E-state index in [0.29, 0.717) is 11.3 Å². The molecule has 3 aromatic rings. The highest BCUT2D eigenvalue weighted by molar-refractivity contribution is 7.92. The maximum Gasteiger partial charge on any atom is 0.243 e. The highest BCUT2D eigenvalue weighted by Crippen LogP contribution is 2.20. The van der Waals surface area contributed by atoms with E-state index in [-0.39, 0.29) is 6.54 Å². The molecule has 1 N–H and O–H groups in total. The SMILES string of the molecule is C[C@H](C(=O)NCc1cnc2cnccn12)N(c1ccccc1)S(C)(=O)=O. The first kappa shape index (κ1) is 17.9. The third-order valence-corrected chi connectivity index (χ3v) is 5.18. The zero-order valence-electron chi connectivity index (χ0n) is 14.4. The van der Waals surface area contributed by atoms with Crippen LogP contribution < -0.4 is 9.62 Å². The van der Waals surface area contributed by atoms with Gasteiger partial charge in [0, 0.05) is 12.4 Å². The first-order valence-electron chi connectivity index (χ1n) is 7.96. The molecule has 3 rings (SSSR count). The number of aromatic nitrogens is 3. The summed E-state index contributed by atoms with van der Waals surface area (Å²) in [5.74, 6) is -0.400. The van der Waals surface area contributed by atoms with Crippen LogP contribution in [0.5, 0.6) is 0 Å². The minimum Gasteiger partial charge on any atom is -0.349 e. The summed E-state index contributed by atoms with van der Waals surface area (Å²) in [6, 6.07) is 7.65. The second-order valence-corrected chi connectivity index (χ2v) is 7.70. The second-order valence-electron chi connectivity index (χ2n) is 5.84. The van der Waals surface area contributed by atoms with Gasteiger partial charge in [-0.3, -0.25) is 18.5 Å². The predicted molar refractivity (Wildman–Crippen MR) is 98.1 cm³/mol. The van der Waals surface area contributed by atoms with Crippen LogP contribution in [0.15, 0.2) is 55.1 Å². The standard InChI is InChI=1S/C17H19N5O3S/c1-13(22(26(2,24)25)14-6-4-3-5-7-14)17(23)20-11-15-10-19-16-12-18-8-9-21(15)16/h3-10,12-13H,11H2,1-2H3,(H,20,23)/t13-/m1/s1. The molecule has 0 saturated carbocycles. The van der Waals surface area contributed by atoms with E-state index in [4.69, 9.17) is 0 Å². The number of nitrogens with one attached hydrogen (secondary N) is 1. The zero-order valence-corrected chi connectivity index (χ0v) is 15.2. The molecule has 1 aromatic carbocycles. The largest absolute Gasteiger partial charge is 0.349 e. The third-order valence-electron chi connectivity index (χ3n) is 3.94. The van der Waals surface area contributed by atoms with E-state index < -0.39 is 22.0 Å². The van der Waals surface area contributed by atoms with Crippen molar-refractivity contribution >= 4 is 27.3 Å². The number of fused-ring (bicyclic) bond motifs is 1. The highest BCUT2D eigenvalue weighted by atomic mass is 32.2. The lowest BCUT2D eigenvalue weighted by Gasteiger charge is -2.28. The lowest BCUT2D eigenvalue weighted by atomic mass is 10.2. The minimum atomic E-state index is -3.62. The Balaban J connectivity index is 1.77. The summed E-state index contributed by atoms with van der Waals surface area (Å²) < 4.78 is 27.3. The lowest BCUT2D eigenvalue weighted by Crippen LogP contribution is -2.47. The summed E-state index contributed by atoms with van der Waals surface area (Å²) in [5, 5.41) is 2.77. The first-order chi connectivity index (χ1) is 12.4. The van der Waals surface area contributed by atoms with Crippen molar-refractivity contribution in [3.63, 3.8) is 0 Å². The van der Waals surface area contributed by atoms with Crippen molar-refractivity contribution in [2.75, 3.05) is 10.6 Å². The molecule has 1 atom stereocenters. The molecule has 136 valence electrons. The van der Waals surface area contributed by atoms with Crippen molar-refractivity contribution in [1.82, 2.24) is 19.7 Å². The van der Waals surface area contributed by atoms with E-state index in [1.165, 1.54) is 0 Å². The van der Waals surface area contributed by atoms with Gasteiger partial charge in [0.25, 0.3) is 0 Å². The van der Waals surface area contributed by atoms with Gasteiger partial charge in [0.15, 0.2) is 5.65 Å². The van der Waals surface area contributed by atoms with Crippen LogP contribution in [0.1, 0.15) is 12.6 Å². The average molecular weight is 373 g/mol. The summed E-state index contributed by atoms with van der Waals surface area (Å²) in [4.78, 5) is 20.8. The van der Waals surface area contributed by atoms with Gasteiger partial charge in [-0.1, -0.05) is 18.2 Å². The van der Waals surface area contributed by atoms with Crippen LogP contribution in [0, 0.1) is 0 Å². The van der Waals surface area contributed by atoms with Crippen LogP contribution in [0.2, 0.25) is 0 Å². The Hall–Kier alpha value is -2.94. The van der Waals surface area contributed by atoms with Crippen molar-refractivity contribution in [3.05, 3.63) is 60.8 Å². The molecule has 0 aliphatic rings. The van der Waals surface area contributed by atoms with Gasteiger partial charge in [-0.05, 0) is 19.1 Å². The first-order valence-corrected chi connectivity index (χ1v) is 9.81. The van der Waals surface area contributed by atoms with Gasteiger partial charge in [0.05, 0.1) is 36.6 Å². The van der Waals surface area contributed by atoms with E-state index in [9.17, 15) is 13.2 Å². The molecule has 8 nitrogen and oxygen atoms in total. The Labute approximate surface area is 151 Å². The summed E-state index contributed by atoms with van der Waals surface area (Å²) >= 11 is 0. The van der Waals surface area contributed by atoms with Crippen molar-refractivity contribution in [3.8, 4) is 0 Å². The molecule has 0 spiro atoms. The number of hydrogen-bond acceptors (Lipinski definition) is 5. The van der Waals surface area contributed by atoms with E-state index in [0.717, 1.165) is 16.3 Å². The number of anilines is 1. The van der Waals surface area contributed by atoms with Crippen LogP contribution >= 0.6 is 0 Å². The number of carbonyl (C=O) groups excluding carboxylic acids is 1. The fraction of sp³-hybridized carbons (Fsp3) is 0.235. The number of amides is 1. The number of rotatable bonds is 6. The fourth-order valence-electron chi connectivity index (χ4n) is 2.73. The van der Waals surface area contributed by atoms with Crippen molar-refractivity contribution in [1.29, 1.82) is 0 Å². The van der Waals surface area contributed by atoms with Gasteiger partial charge < -0.3 is 5.32 Å². The number of hydrogen-bond donors (Lipinski definition) is 1. The van der Waals surface area contributed by atoms with Crippen molar-refractivity contribution in [2.24, 2.45) is 0 Å². The average Bonchev–Trinajstić information content (AvgIpc) is 3.02. The molecule has 0 aliphatic carbocycles. The number of para-hydroxylation sites is 1. The van der Waals surface area contributed by atoms with Gasteiger partial charge in [0.1, 0.15) is 6.04 Å². The van der Waals surface area contributed by atoms with Crippen LogP contribution in [-0.2, 0) is 21.4 Å². The van der Waals surface area contributed by atoms with Crippen LogP contribution in [0.3, 0.4) is 0 Å². The van der Waals surface area contributed by atoms with Gasteiger partial charge >= 0.3 is 0 Å². The Morgan fingerprint density at radius 2 is 2.00 bits per heavy atom. The van der Waals surface area contributed by atoms with Crippen LogP contribution in [0.4, 0.5) is 5.69 Å². The molecular formula is C17H19N5O3S. The minimum absolute atomic E-state index is 0.223. The summed E-state index contributed by atoms with van der Waals surface area (Å²) in [7, 11) is -3.62. The zero-order chi connectivity index (χ0) is 18.7. The van der Waals surface area contributed by atoms with E-state index in [2.05, 4.69) is 15.3 Å². The van der Waals surface area contributed by atoms with Gasteiger partial charge in [-0.25, -0.2) is 13.4 Å². The maximum absolute atomic E-state index is 12.6. The molecule has 0 bridgehead atoms. The Kier molecular flexibility index (Phi) is 4.90. The summed E-state index contributed by atoms with van der Waals surface area (Å²) in [5.41, 5.74) is 1.89. The summed E-state index contributed by atoms with van der Waals surface area (Å²) in [6.07, 6.45) is 7.73. The molecule has 26 heavy (non-hydrogen) atoms. The van der Waals surface area contributed by atoms with Gasteiger partial charge in [-0.15, -0.1) is 0 Å². The number of sulfonamides is 1. The maximum atomic E-state index is 12.6. The molecular weight excluding hydrogens is 354 g/mol. The normalized spacial score (nSPS) is 12.7. The molecule has 2 aromatic heterocycles. The molecule has 1 amide bonds. The molecule has 0 fully saturated rings. The Bertz CT molecular complexity index is 1020. The van der Waals surface area contributed by atoms with Crippen molar-refractivity contribution < 1.29 is 13.2 Å². The number of carbonyl (C=O) groups is 1.